The van der Waals surface area contributed by atoms with Crippen LogP contribution in [0.15, 0.2) is 30.3 Å². The number of hydrogen-bond acceptors (Lipinski definition) is 3. The number of carbonyl (C=O) groups excluding carboxylic acids is 1. The normalized spacial score (nSPS) is 18.4. The number of ether oxygens (including phenoxy) is 1. The Morgan fingerprint density at radius 2 is 2.05 bits per heavy atom. The minimum atomic E-state index is -1.02. The maximum atomic E-state index is 11.7. The van der Waals surface area contributed by atoms with Gasteiger partial charge in [-0.3, -0.25) is 4.90 Å². The maximum Gasteiger partial charge on any atom is 0.409 e. The average Bonchev–Trinajstić information content (AvgIpc) is 2.46. The fourth-order valence-corrected chi connectivity index (χ4v) is 2.21. The topological polar surface area (TPSA) is 78.9 Å². The molecular weight excluding hydrogens is 260 g/mol. The van der Waals surface area contributed by atoms with Crippen molar-refractivity contribution >= 4 is 12.2 Å². The van der Waals surface area contributed by atoms with Gasteiger partial charge in [-0.25, -0.2) is 9.59 Å². The lowest BCUT2D eigenvalue weighted by molar-refractivity contribution is 0.0819. The van der Waals surface area contributed by atoms with E-state index in [1.54, 1.807) is 0 Å². The van der Waals surface area contributed by atoms with Crippen molar-refractivity contribution in [3.05, 3.63) is 35.9 Å². The summed E-state index contributed by atoms with van der Waals surface area (Å²) in [6, 6.07) is 9.33. The average molecular weight is 278 g/mol. The van der Waals surface area contributed by atoms with Gasteiger partial charge in [-0.1, -0.05) is 30.3 Å². The highest BCUT2D eigenvalue weighted by atomic mass is 16.5. The van der Waals surface area contributed by atoms with E-state index >= 15 is 0 Å². The van der Waals surface area contributed by atoms with E-state index in [0.29, 0.717) is 13.0 Å². The smallest absolute Gasteiger partial charge is 0.409 e. The molecular formula is C14H18N2O4. The Kier molecular flexibility index (Phi) is 4.81. The molecule has 1 aliphatic rings. The third-order valence-electron chi connectivity index (χ3n) is 3.25. The van der Waals surface area contributed by atoms with Crippen molar-refractivity contribution in [1.29, 1.82) is 0 Å². The van der Waals surface area contributed by atoms with Crippen molar-refractivity contribution < 1.29 is 19.4 Å². The van der Waals surface area contributed by atoms with Crippen LogP contribution in [0.3, 0.4) is 0 Å². The molecule has 0 bridgehead atoms. The molecule has 1 atom stereocenters. The number of alkyl carbamates (subject to hydrolysis) is 1. The van der Waals surface area contributed by atoms with Gasteiger partial charge in [-0.15, -0.1) is 0 Å². The molecule has 2 N–H and O–H groups in total. The fourth-order valence-electron chi connectivity index (χ4n) is 2.21. The maximum absolute atomic E-state index is 11.7. The van der Waals surface area contributed by atoms with E-state index in [2.05, 4.69) is 5.32 Å². The summed E-state index contributed by atoms with van der Waals surface area (Å²) in [5, 5.41) is 11.7. The molecule has 1 heterocycles. The summed E-state index contributed by atoms with van der Waals surface area (Å²) in [6.45, 7) is 0.616. The van der Waals surface area contributed by atoms with Crippen LogP contribution in [0.25, 0.3) is 0 Å². The van der Waals surface area contributed by atoms with Gasteiger partial charge in [0.2, 0.25) is 0 Å². The highest BCUT2D eigenvalue weighted by molar-refractivity contribution is 5.70. The quantitative estimate of drug-likeness (QED) is 0.889. The van der Waals surface area contributed by atoms with Crippen LogP contribution in [0.4, 0.5) is 9.59 Å². The summed E-state index contributed by atoms with van der Waals surface area (Å²) in [5.41, 5.74) is 0.890. The Labute approximate surface area is 117 Å². The summed E-state index contributed by atoms with van der Waals surface area (Å²) >= 11 is 0. The molecule has 1 unspecified atom stereocenters. The molecule has 1 saturated heterocycles. The highest BCUT2D eigenvalue weighted by Crippen LogP contribution is 2.15. The van der Waals surface area contributed by atoms with E-state index in [1.807, 2.05) is 30.3 Å². The predicted molar refractivity (Wildman–Crippen MR) is 72.1 cm³/mol. The molecule has 1 aliphatic heterocycles. The number of carboxylic acid groups (broad SMARTS) is 1. The Hall–Kier alpha value is -2.24. The molecule has 0 aromatic heterocycles. The van der Waals surface area contributed by atoms with Crippen molar-refractivity contribution in [2.24, 2.45) is 0 Å². The first kappa shape index (κ1) is 14.2. The molecule has 0 saturated carbocycles. The van der Waals surface area contributed by atoms with E-state index in [1.165, 1.54) is 4.90 Å². The number of nitrogens with one attached hydrogen (secondary N) is 1. The molecule has 0 radical (unpaired) electrons. The van der Waals surface area contributed by atoms with Crippen molar-refractivity contribution in [1.82, 2.24) is 10.2 Å². The van der Waals surface area contributed by atoms with Gasteiger partial charge in [-0.05, 0) is 24.8 Å². The van der Waals surface area contributed by atoms with Crippen LogP contribution in [0.5, 0.6) is 0 Å². The monoisotopic (exact) mass is 278 g/mol. The Morgan fingerprint density at radius 3 is 2.75 bits per heavy atom. The Balaban J connectivity index is 1.82. The minimum Gasteiger partial charge on any atom is -0.465 e. The molecule has 20 heavy (non-hydrogen) atoms. The number of piperidine rings is 1. The first-order valence-electron chi connectivity index (χ1n) is 6.63. The fraction of sp³-hybridized carbons (Fsp3) is 0.429. The number of amides is 2. The lowest BCUT2D eigenvalue weighted by atomic mass is 10.1. The summed E-state index contributed by atoms with van der Waals surface area (Å²) in [5.74, 6) is 0. The van der Waals surface area contributed by atoms with Crippen LogP contribution < -0.4 is 5.32 Å². The third-order valence-corrected chi connectivity index (χ3v) is 3.25. The van der Waals surface area contributed by atoms with Gasteiger partial charge >= 0.3 is 12.2 Å². The first-order valence-corrected chi connectivity index (χ1v) is 6.63. The lowest BCUT2D eigenvalue weighted by Gasteiger charge is -2.33. The largest absolute Gasteiger partial charge is 0.465 e. The van der Waals surface area contributed by atoms with Gasteiger partial charge in [0.1, 0.15) is 12.8 Å². The molecule has 2 rings (SSSR count). The summed E-state index contributed by atoms with van der Waals surface area (Å²) in [6.07, 6.45) is 0.235. The van der Waals surface area contributed by atoms with Crippen LogP contribution in [-0.2, 0) is 11.3 Å². The zero-order valence-electron chi connectivity index (χ0n) is 11.1. The third kappa shape index (κ3) is 3.88. The zero-order valence-corrected chi connectivity index (χ0v) is 11.1. The van der Waals surface area contributed by atoms with Gasteiger partial charge in [0, 0.05) is 6.54 Å². The Bertz CT molecular complexity index is 464. The predicted octanol–water partition coefficient (Wildman–Crippen LogP) is 2.40. The van der Waals surface area contributed by atoms with Gasteiger partial charge in [-0.2, -0.15) is 0 Å². The summed E-state index contributed by atoms with van der Waals surface area (Å²) in [7, 11) is 0. The molecule has 0 aliphatic carbocycles. The van der Waals surface area contributed by atoms with Crippen molar-refractivity contribution in [2.75, 3.05) is 6.54 Å². The van der Waals surface area contributed by atoms with Crippen LogP contribution in [-0.4, -0.2) is 34.9 Å². The van der Waals surface area contributed by atoms with Crippen molar-refractivity contribution in [3.63, 3.8) is 0 Å². The summed E-state index contributed by atoms with van der Waals surface area (Å²) in [4.78, 5) is 24.0. The molecule has 0 spiro atoms. The lowest BCUT2D eigenvalue weighted by Crippen LogP contribution is -2.52. The number of nitrogens with zero attached hydrogens (tertiary/aromatic N) is 1. The molecule has 2 amide bonds. The molecule has 6 nitrogen and oxygen atoms in total. The number of rotatable bonds is 3. The van der Waals surface area contributed by atoms with Gasteiger partial charge in [0.25, 0.3) is 0 Å². The van der Waals surface area contributed by atoms with E-state index < -0.39 is 18.4 Å². The van der Waals surface area contributed by atoms with Crippen LogP contribution in [0, 0.1) is 0 Å². The minimum absolute atomic E-state index is 0.173. The highest BCUT2D eigenvalue weighted by Gasteiger charge is 2.27. The number of benzene rings is 1. The summed E-state index contributed by atoms with van der Waals surface area (Å²) < 4.78 is 5.09. The van der Waals surface area contributed by atoms with Gasteiger partial charge in [0.15, 0.2) is 0 Å². The van der Waals surface area contributed by atoms with Crippen LogP contribution in [0.2, 0.25) is 0 Å². The number of carbonyl (C=O) groups is 2. The molecule has 1 aromatic rings. The van der Waals surface area contributed by atoms with Crippen LogP contribution >= 0.6 is 0 Å². The van der Waals surface area contributed by atoms with Crippen molar-refractivity contribution in [2.45, 2.75) is 32.0 Å². The number of hydrogen-bond donors (Lipinski definition) is 2. The molecule has 1 fully saturated rings. The second kappa shape index (κ2) is 6.79. The van der Waals surface area contributed by atoms with Gasteiger partial charge in [0.05, 0.1) is 0 Å². The van der Waals surface area contributed by atoms with E-state index in [0.717, 1.165) is 18.4 Å². The molecule has 6 heteroatoms. The van der Waals surface area contributed by atoms with Crippen molar-refractivity contribution in [3.8, 4) is 0 Å². The molecule has 1 aromatic carbocycles. The van der Waals surface area contributed by atoms with Crippen LogP contribution in [0.1, 0.15) is 24.8 Å². The van der Waals surface area contributed by atoms with E-state index in [9.17, 15) is 9.59 Å². The second-order valence-electron chi connectivity index (χ2n) is 4.69. The number of likely N-dealkylation sites (tertiary alicyclic amines) is 1. The first-order chi connectivity index (χ1) is 9.66. The van der Waals surface area contributed by atoms with E-state index in [4.69, 9.17) is 9.84 Å². The zero-order chi connectivity index (χ0) is 14.4. The van der Waals surface area contributed by atoms with Gasteiger partial charge < -0.3 is 15.2 Å². The SMILES string of the molecule is O=C(NC1CCCCN1C(=O)O)OCc1ccccc1. The second-order valence-corrected chi connectivity index (χ2v) is 4.69. The molecule has 108 valence electrons. The van der Waals surface area contributed by atoms with E-state index in [-0.39, 0.29) is 6.61 Å². The Morgan fingerprint density at radius 1 is 1.30 bits per heavy atom. The standard InChI is InChI=1S/C14H18N2O4/c17-13(20-10-11-6-2-1-3-7-11)15-12-8-4-5-9-16(12)14(18)19/h1-3,6-7,12H,4-5,8-10H2,(H,15,17)(H,18,19).